The second-order valence-electron chi connectivity index (χ2n) is 3.51. The molecule has 0 fully saturated rings. The van der Waals surface area contributed by atoms with Crippen LogP contribution in [-0.4, -0.2) is 10.9 Å². The van der Waals surface area contributed by atoms with Crippen LogP contribution in [0.2, 0.25) is 0 Å². The number of rotatable bonds is 3. The van der Waals surface area contributed by atoms with Crippen LogP contribution in [0.1, 0.15) is 11.5 Å². The van der Waals surface area contributed by atoms with Gasteiger partial charge < -0.3 is 9.73 Å². The predicted octanol–water partition coefficient (Wildman–Crippen LogP) is 2.63. The largest absolute Gasteiger partial charge is 0.462 e. The summed E-state index contributed by atoms with van der Waals surface area (Å²) in [4.78, 5) is 15.4. The highest BCUT2D eigenvalue weighted by atomic mass is 16.3. The van der Waals surface area contributed by atoms with Crippen LogP contribution in [0.3, 0.4) is 0 Å². The Morgan fingerprint density at radius 3 is 2.94 bits per heavy atom. The van der Waals surface area contributed by atoms with Gasteiger partial charge in [0.2, 0.25) is 5.91 Å². The Hall–Kier alpha value is -2.36. The number of nitrogens with one attached hydrogen (secondary N) is 1. The second-order valence-corrected chi connectivity index (χ2v) is 3.51. The van der Waals surface area contributed by atoms with Crippen molar-refractivity contribution in [2.45, 2.75) is 6.92 Å². The minimum absolute atomic E-state index is 0.216. The molecule has 0 spiro atoms. The number of furan rings is 1. The van der Waals surface area contributed by atoms with Gasteiger partial charge in [-0.2, -0.15) is 0 Å². The van der Waals surface area contributed by atoms with E-state index in [1.165, 1.54) is 6.08 Å². The summed E-state index contributed by atoms with van der Waals surface area (Å²) in [5.41, 5.74) is 0.665. The van der Waals surface area contributed by atoms with E-state index >= 15 is 0 Å². The van der Waals surface area contributed by atoms with Crippen LogP contribution < -0.4 is 5.32 Å². The Bertz CT molecular complexity index is 529. The Morgan fingerprint density at radius 1 is 1.41 bits per heavy atom. The van der Waals surface area contributed by atoms with Gasteiger partial charge in [0.15, 0.2) is 0 Å². The molecule has 86 valence electrons. The van der Waals surface area contributed by atoms with Crippen molar-refractivity contribution >= 4 is 17.7 Å². The van der Waals surface area contributed by atoms with E-state index in [2.05, 4.69) is 10.3 Å². The molecule has 0 atom stereocenters. The number of aromatic nitrogens is 1. The lowest BCUT2D eigenvalue weighted by atomic mass is 10.3. The van der Waals surface area contributed by atoms with Crippen molar-refractivity contribution in [3.8, 4) is 0 Å². The number of carbonyl (C=O) groups is 1. The molecule has 0 saturated heterocycles. The first-order chi connectivity index (χ1) is 8.24. The van der Waals surface area contributed by atoms with Crippen molar-refractivity contribution in [2.24, 2.45) is 0 Å². The van der Waals surface area contributed by atoms with Gasteiger partial charge in [-0.3, -0.25) is 9.78 Å². The molecule has 0 aromatic carbocycles. The molecule has 0 aliphatic heterocycles. The van der Waals surface area contributed by atoms with Crippen LogP contribution in [0, 0.1) is 6.92 Å². The Morgan fingerprint density at radius 2 is 2.29 bits per heavy atom. The van der Waals surface area contributed by atoms with Crippen molar-refractivity contribution in [1.29, 1.82) is 0 Å². The smallest absolute Gasteiger partial charge is 0.248 e. The van der Waals surface area contributed by atoms with Crippen molar-refractivity contribution in [1.82, 2.24) is 4.98 Å². The number of amides is 1. The van der Waals surface area contributed by atoms with E-state index in [1.807, 2.05) is 19.1 Å². The Balaban J connectivity index is 1.96. The van der Waals surface area contributed by atoms with E-state index in [0.717, 1.165) is 5.76 Å². The lowest BCUT2D eigenvalue weighted by Gasteiger charge is -1.99. The average molecular weight is 228 g/mol. The van der Waals surface area contributed by atoms with Gasteiger partial charge in [0.25, 0.3) is 0 Å². The molecule has 2 aromatic rings. The molecule has 17 heavy (non-hydrogen) atoms. The normalized spacial score (nSPS) is 10.6. The number of anilines is 1. The molecule has 2 heterocycles. The number of carbonyl (C=O) groups excluding carboxylic acids is 1. The van der Waals surface area contributed by atoms with E-state index in [0.29, 0.717) is 11.4 Å². The fourth-order valence-electron chi connectivity index (χ4n) is 1.32. The van der Waals surface area contributed by atoms with Crippen molar-refractivity contribution in [3.05, 3.63) is 54.3 Å². The predicted molar refractivity (Wildman–Crippen MR) is 65.3 cm³/mol. The van der Waals surface area contributed by atoms with Crippen LogP contribution in [0.4, 0.5) is 5.69 Å². The SMILES string of the molecule is Cc1ccc(/C=C/C(=O)Nc2cccnc2)o1. The topological polar surface area (TPSA) is 55.1 Å². The zero-order valence-corrected chi connectivity index (χ0v) is 9.38. The third-order valence-corrected chi connectivity index (χ3v) is 2.09. The highest BCUT2D eigenvalue weighted by molar-refractivity contribution is 6.01. The highest BCUT2D eigenvalue weighted by Gasteiger charge is 1.98. The zero-order chi connectivity index (χ0) is 12.1. The molecule has 2 aromatic heterocycles. The van der Waals surface area contributed by atoms with Crippen LogP contribution >= 0.6 is 0 Å². The van der Waals surface area contributed by atoms with E-state index in [1.54, 1.807) is 30.6 Å². The number of pyridine rings is 1. The van der Waals surface area contributed by atoms with E-state index < -0.39 is 0 Å². The van der Waals surface area contributed by atoms with Gasteiger partial charge in [0.05, 0.1) is 11.9 Å². The zero-order valence-electron chi connectivity index (χ0n) is 9.38. The fraction of sp³-hybridized carbons (Fsp3) is 0.0769. The molecule has 1 N–H and O–H groups in total. The minimum atomic E-state index is -0.216. The van der Waals surface area contributed by atoms with Gasteiger partial charge in [-0.05, 0) is 37.3 Å². The summed E-state index contributed by atoms with van der Waals surface area (Å²) in [5.74, 6) is 1.26. The number of hydrogen-bond donors (Lipinski definition) is 1. The van der Waals surface area contributed by atoms with Crippen molar-refractivity contribution in [3.63, 3.8) is 0 Å². The molecular formula is C13H12N2O2. The van der Waals surface area contributed by atoms with Gasteiger partial charge in [0.1, 0.15) is 11.5 Å². The third-order valence-electron chi connectivity index (χ3n) is 2.09. The first kappa shape index (κ1) is 11.1. The highest BCUT2D eigenvalue weighted by Crippen LogP contribution is 2.08. The van der Waals surface area contributed by atoms with Crippen molar-refractivity contribution in [2.75, 3.05) is 5.32 Å². The molecular weight excluding hydrogens is 216 g/mol. The molecule has 0 saturated carbocycles. The van der Waals surface area contributed by atoms with Crippen molar-refractivity contribution < 1.29 is 9.21 Å². The van der Waals surface area contributed by atoms with Gasteiger partial charge in [-0.25, -0.2) is 0 Å². The molecule has 1 amide bonds. The number of aryl methyl sites for hydroxylation is 1. The van der Waals surface area contributed by atoms with Crippen LogP contribution in [0.15, 0.2) is 47.2 Å². The maximum absolute atomic E-state index is 11.5. The summed E-state index contributed by atoms with van der Waals surface area (Å²) in [6.45, 7) is 1.85. The summed E-state index contributed by atoms with van der Waals surface area (Å²) in [6, 6.07) is 7.19. The lowest BCUT2D eigenvalue weighted by molar-refractivity contribution is -0.111. The quantitative estimate of drug-likeness (QED) is 0.821. The number of hydrogen-bond acceptors (Lipinski definition) is 3. The van der Waals surface area contributed by atoms with Gasteiger partial charge in [-0.1, -0.05) is 0 Å². The standard InChI is InChI=1S/C13H12N2O2/c1-10-4-5-12(17-10)6-7-13(16)15-11-3-2-8-14-9-11/h2-9H,1H3,(H,15,16)/b7-6+. The van der Waals surface area contributed by atoms with Crippen LogP contribution in [0.5, 0.6) is 0 Å². The fourth-order valence-corrected chi connectivity index (χ4v) is 1.32. The average Bonchev–Trinajstić information content (AvgIpc) is 2.74. The monoisotopic (exact) mass is 228 g/mol. The Labute approximate surface area is 99.0 Å². The summed E-state index contributed by atoms with van der Waals surface area (Å²) in [6.07, 6.45) is 6.28. The van der Waals surface area contributed by atoms with Gasteiger partial charge in [-0.15, -0.1) is 0 Å². The maximum atomic E-state index is 11.5. The molecule has 2 rings (SSSR count). The molecule has 4 heteroatoms. The molecule has 0 unspecified atom stereocenters. The summed E-state index contributed by atoms with van der Waals surface area (Å²) < 4.78 is 5.30. The number of nitrogens with zero attached hydrogens (tertiary/aromatic N) is 1. The summed E-state index contributed by atoms with van der Waals surface area (Å²) in [7, 11) is 0. The summed E-state index contributed by atoms with van der Waals surface area (Å²) >= 11 is 0. The van der Waals surface area contributed by atoms with E-state index in [-0.39, 0.29) is 5.91 Å². The Kier molecular flexibility index (Phi) is 3.35. The maximum Gasteiger partial charge on any atom is 0.248 e. The van der Waals surface area contributed by atoms with Crippen LogP contribution in [0.25, 0.3) is 6.08 Å². The molecule has 0 aliphatic carbocycles. The van der Waals surface area contributed by atoms with E-state index in [4.69, 9.17) is 4.42 Å². The lowest BCUT2D eigenvalue weighted by Crippen LogP contribution is -2.07. The van der Waals surface area contributed by atoms with Gasteiger partial charge >= 0.3 is 0 Å². The van der Waals surface area contributed by atoms with Gasteiger partial charge in [0, 0.05) is 12.3 Å². The summed E-state index contributed by atoms with van der Waals surface area (Å²) in [5, 5.41) is 2.69. The molecule has 0 bridgehead atoms. The van der Waals surface area contributed by atoms with E-state index in [9.17, 15) is 4.79 Å². The molecule has 0 aliphatic rings. The first-order valence-corrected chi connectivity index (χ1v) is 5.19. The minimum Gasteiger partial charge on any atom is -0.462 e. The van der Waals surface area contributed by atoms with Crippen LogP contribution in [-0.2, 0) is 4.79 Å². The molecule has 4 nitrogen and oxygen atoms in total. The first-order valence-electron chi connectivity index (χ1n) is 5.19. The third kappa shape index (κ3) is 3.31. The second kappa shape index (κ2) is 5.12. The molecule has 0 radical (unpaired) electrons.